The lowest BCUT2D eigenvalue weighted by Gasteiger charge is -2.44. The number of hydrogen-bond donors (Lipinski definition) is 0. The molecule has 2 aromatic carbocycles. The van der Waals surface area contributed by atoms with Gasteiger partial charge >= 0.3 is 0 Å². The molecule has 3 heterocycles. The lowest BCUT2D eigenvalue weighted by molar-refractivity contribution is -0.176. The molecule has 0 radical (unpaired) electrons. The molecule has 1 spiro atoms. The first kappa shape index (κ1) is 25.3. The number of morpholine rings is 1. The van der Waals surface area contributed by atoms with Crippen LogP contribution >= 0.6 is 0 Å². The van der Waals surface area contributed by atoms with Crippen LogP contribution in [0, 0.1) is 5.82 Å². The molecule has 0 saturated carbocycles. The second-order valence-corrected chi connectivity index (χ2v) is 9.85. The summed E-state index contributed by atoms with van der Waals surface area (Å²) >= 11 is 0. The van der Waals surface area contributed by atoms with Crippen molar-refractivity contribution in [2.45, 2.75) is 44.8 Å². The number of para-hydroxylation sites is 1. The van der Waals surface area contributed by atoms with Crippen LogP contribution in [-0.2, 0) is 27.3 Å². The molecule has 2 aliphatic rings. The Balaban J connectivity index is 1.35. The minimum Gasteiger partial charge on any atom is -0.491 e. The summed E-state index contributed by atoms with van der Waals surface area (Å²) in [4.78, 5) is 30.8. The first-order valence-corrected chi connectivity index (χ1v) is 13.2. The molecule has 5 rings (SSSR count). The minimum absolute atomic E-state index is 0.0827. The second kappa shape index (κ2) is 10.9. The summed E-state index contributed by atoms with van der Waals surface area (Å²) in [7, 11) is 0. The number of fused-ring (bicyclic) bond motifs is 2. The van der Waals surface area contributed by atoms with Gasteiger partial charge in [-0.2, -0.15) is 0 Å². The van der Waals surface area contributed by atoms with Crippen molar-refractivity contribution in [2.75, 3.05) is 39.4 Å². The van der Waals surface area contributed by atoms with Gasteiger partial charge in [0.2, 0.25) is 5.91 Å². The van der Waals surface area contributed by atoms with Crippen molar-refractivity contribution in [1.29, 1.82) is 0 Å². The zero-order valence-electron chi connectivity index (χ0n) is 21.3. The molecular formula is C29H34FN3O4. The van der Waals surface area contributed by atoms with E-state index in [1.54, 1.807) is 26.6 Å². The largest absolute Gasteiger partial charge is 0.491 e. The van der Waals surface area contributed by atoms with E-state index >= 15 is 0 Å². The van der Waals surface area contributed by atoms with Gasteiger partial charge in [0.1, 0.15) is 24.7 Å². The number of likely N-dealkylation sites (N-methyl/N-ethyl adjacent to an activating group) is 1. The van der Waals surface area contributed by atoms with Gasteiger partial charge in [-0.25, -0.2) is 4.39 Å². The van der Waals surface area contributed by atoms with Crippen LogP contribution in [0.1, 0.15) is 31.7 Å². The molecule has 1 saturated heterocycles. The topological polar surface area (TPSA) is 64.0 Å². The normalized spacial score (nSPS) is 21.3. The van der Waals surface area contributed by atoms with E-state index in [1.165, 1.54) is 17.7 Å². The Labute approximate surface area is 216 Å². The van der Waals surface area contributed by atoms with Gasteiger partial charge in [0.15, 0.2) is 5.60 Å². The highest BCUT2D eigenvalue weighted by molar-refractivity contribution is 5.88. The Kier molecular flexibility index (Phi) is 7.46. The number of aromatic nitrogens is 1. The van der Waals surface area contributed by atoms with E-state index < -0.39 is 5.60 Å². The maximum absolute atomic E-state index is 13.9. The number of hydrogen-bond acceptors (Lipinski definition) is 4. The molecule has 0 aliphatic carbocycles. The van der Waals surface area contributed by atoms with E-state index in [4.69, 9.17) is 9.47 Å². The zero-order chi connectivity index (χ0) is 25.8. The molecule has 2 aliphatic heterocycles. The summed E-state index contributed by atoms with van der Waals surface area (Å²) in [5, 5.41) is 0.879. The third kappa shape index (κ3) is 5.34. The number of ether oxygens (including phenoxy) is 2. The average Bonchev–Trinajstić information content (AvgIpc) is 3.30. The third-order valence-electron chi connectivity index (χ3n) is 7.51. The molecule has 3 aromatic rings. The Morgan fingerprint density at radius 1 is 1.08 bits per heavy atom. The number of amides is 2. The summed E-state index contributed by atoms with van der Waals surface area (Å²) < 4.78 is 27.9. The number of aryl methyl sites for hydroxylation is 1. The Morgan fingerprint density at radius 3 is 2.81 bits per heavy atom. The average molecular weight is 508 g/mol. The summed E-state index contributed by atoms with van der Waals surface area (Å²) in [5.41, 5.74) is 0.770. The van der Waals surface area contributed by atoms with E-state index in [0.29, 0.717) is 44.8 Å². The summed E-state index contributed by atoms with van der Waals surface area (Å²) in [6, 6.07) is 14.5. The van der Waals surface area contributed by atoms with Gasteiger partial charge in [-0.15, -0.1) is 0 Å². The highest BCUT2D eigenvalue weighted by atomic mass is 19.1. The maximum atomic E-state index is 13.9. The van der Waals surface area contributed by atoms with E-state index in [2.05, 4.69) is 6.07 Å². The zero-order valence-corrected chi connectivity index (χ0v) is 21.3. The van der Waals surface area contributed by atoms with E-state index in [-0.39, 0.29) is 30.7 Å². The van der Waals surface area contributed by atoms with Crippen LogP contribution in [0.15, 0.2) is 54.7 Å². The third-order valence-corrected chi connectivity index (χ3v) is 7.51. The molecule has 0 N–H and O–H groups in total. The van der Waals surface area contributed by atoms with Crippen molar-refractivity contribution < 1.29 is 23.5 Å². The fourth-order valence-electron chi connectivity index (χ4n) is 5.46. The van der Waals surface area contributed by atoms with Crippen molar-refractivity contribution in [3.8, 4) is 5.75 Å². The first-order chi connectivity index (χ1) is 18.0. The summed E-state index contributed by atoms with van der Waals surface area (Å²) in [6.45, 7) is 4.35. The molecule has 1 fully saturated rings. The van der Waals surface area contributed by atoms with Gasteiger partial charge in [0, 0.05) is 19.3 Å². The first-order valence-electron chi connectivity index (χ1n) is 13.2. The van der Waals surface area contributed by atoms with E-state index in [1.807, 2.05) is 31.2 Å². The molecule has 2 amide bonds. The molecule has 1 aromatic heterocycles. The van der Waals surface area contributed by atoms with Gasteiger partial charge in [0.05, 0.1) is 25.2 Å². The number of carbonyl (C=O) groups excluding carboxylic acids is 2. The van der Waals surface area contributed by atoms with Gasteiger partial charge < -0.3 is 23.8 Å². The van der Waals surface area contributed by atoms with Crippen LogP contribution in [0.4, 0.5) is 4.39 Å². The minimum atomic E-state index is -1.08. The standard InChI is InChI=1S/C29H34FN3O4/c1-2-31-15-17-36-26-9-4-3-7-23(26)8-5-6-13-29(28(31)35)21-33(16-18-37-29)27(34)20-32-14-12-22-10-11-24(30)19-25(22)32/h3-4,7,9-12,14,19H,2,5-6,8,13,15-18,20-21H2,1H3. The van der Waals surface area contributed by atoms with E-state index in [0.717, 1.165) is 30.4 Å². The fraction of sp³-hybridized carbons (Fsp3) is 0.448. The van der Waals surface area contributed by atoms with Gasteiger partial charge in [-0.05, 0) is 73.9 Å². The van der Waals surface area contributed by atoms with Gasteiger partial charge in [0.25, 0.3) is 5.91 Å². The number of nitrogens with zero attached hydrogens (tertiary/aromatic N) is 3. The van der Waals surface area contributed by atoms with Crippen molar-refractivity contribution in [3.05, 3.63) is 66.1 Å². The number of rotatable bonds is 3. The van der Waals surface area contributed by atoms with Crippen LogP contribution < -0.4 is 4.74 Å². The molecule has 7 nitrogen and oxygen atoms in total. The maximum Gasteiger partial charge on any atom is 0.256 e. The monoisotopic (exact) mass is 507 g/mol. The fourth-order valence-corrected chi connectivity index (χ4v) is 5.46. The Morgan fingerprint density at radius 2 is 1.95 bits per heavy atom. The Hall–Kier alpha value is -3.39. The molecule has 196 valence electrons. The lowest BCUT2D eigenvalue weighted by atomic mass is 9.91. The SMILES string of the molecule is CCN1CCOc2ccccc2CCCCC2(CN(C(=O)Cn3ccc4ccc(F)cc43)CCO2)C1=O. The van der Waals surface area contributed by atoms with Crippen LogP contribution in [0.5, 0.6) is 5.75 Å². The van der Waals surface area contributed by atoms with Crippen LogP contribution in [0.25, 0.3) is 10.9 Å². The number of halogens is 1. The van der Waals surface area contributed by atoms with Crippen LogP contribution in [0.3, 0.4) is 0 Å². The highest BCUT2D eigenvalue weighted by Gasteiger charge is 2.46. The second-order valence-electron chi connectivity index (χ2n) is 9.85. The molecule has 8 heteroatoms. The van der Waals surface area contributed by atoms with E-state index in [9.17, 15) is 14.0 Å². The van der Waals surface area contributed by atoms with Crippen LogP contribution in [0.2, 0.25) is 0 Å². The van der Waals surface area contributed by atoms with Crippen molar-refractivity contribution in [1.82, 2.24) is 14.4 Å². The van der Waals surface area contributed by atoms with Gasteiger partial charge in [-0.1, -0.05) is 18.2 Å². The lowest BCUT2D eigenvalue weighted by Crippen LogP contribution is -2.62. The molecule has 1 atom stereocenters. The predicted molar refractivity (Wildman–Crippen MR) is 139 cm³/mol. The number of carbonyl (C=O) groups is 2. The van der Waals surface area contributed by atoms with Crippen LogP contribution in [-0.4, -0.2) is 71.2 Å². The molecule has 37 heavy (non-hydrogen) atoms. The van der Waals surface area contributed by atoms with Crippen molar-refractivity contribution >= 4 is 22.7 Å². The van der Waals surface area contributed by atoms with Crippen molar-refractivity contribution in [2.24, 2.45) is 0 Å². The van der Waals surface area contributed by atoms with Crippen molar-refractivity contribution in [3.63, 3.8) is 0 Å². The summed E-state index contributed by atoms with van der Waals surface area (Å²) in [6.07, 6.45) is 4.89. The van der Waals surface area contributed by atoms with Gasteiger partial charge in [-0.3, -0.25) is 9.59 Å². The molecule has 1 unspecified atom stereocenters. The highest BCUT2D eigenvalue weighted by Crippen LogP contribution is 2.30. The number of benzene rings is 2. The molecule has 0 bridgehead atoms. The smallest absolute Gasteiger partial charge is 0.256 e. The Bertz CT molecular complexity index is 1280. The molecular weight excluding hydrogens is 473 g/mol. The predicted octanol–water partition coefficient (Wildman–Crippen LogP) is 4.03. The summed E-state index contributed by atoms with van der Waals surface area (Å²) in [5.74, 6) is 0.349. The quantitative estimate of drug-likeness (QED) is 0.537.